The van der Waals surface area contributed by atoms with Crippen molar-refractivity contribution in [2.24, 2.45) is 5.92 Å². The van der Waals surface area contributed by atoms with Gasteiger partial charge >= 0.3 is 0 Å². The first-order valence-electron chi connectivity index (χ1n) is 8.51. The summed E-state index contributed by atoms with van der Waals surface area (Å²) in [4.78, 5) is 13.2. The highest BCUT2D eigenvalue weighted by Crippen LogP contribution is 2.45. The third-order valence-corrected chi connectivity index (χ3v) is 5.25. The van der Waals surface area contributed by atoms with Crippen LogP contribution < -0.4 is 4.74 Å². The summed E-state index contributed by atoms with van der Waals surface area (Å²) in [6.07, 6.45) is 10.2. The van der Waals surface area contributed by atoms with Crippen LogP contribution in [-0.4, -0.2) is 17.3 Å². The molecule has 0 amide bonds. The Labute approximate surface area is 131 Å². The SMILES string of the molecule is COc1cccn2c(C(=O)C3CCCCC3)c(C3CC3)cc12. The number of aromatic nitrogens is 1. The van der Waals surface area contributed by atoms with E-state index < -0.39 is 0 Å². The molecule has 2 aromatic heterocycles. The van der Waals surface area contributed by atoms with Crippen molar-refractivity contribution in [3.63, 3.8) is 0 Å². The molecule has 0 radical (unpaired) electrons. The smallest absolute Gasteiger partial charge is 0.182 e. The van der Waals surface area contributed by atoms with Gasteiger partial charge in [-0.15, -0.1) is 0 Å². The summed E-state index contributed by atoms with van der Waals surface area (Å²) in [6.45, 7) is 0. The first-order chi connectivity index (χ1) is 10.8. The highest BCUT2D eigenvalue weighted by atomic mass is 16.5. The number of pyridine rings is 1. The van der Waals surface area contributed by atoms with Crippen LogP contribution in [0, 0.1) is 5.92 Å². The number of hydrogen-bond donors (Lipinski definition) is 0. The van der Waals surface area contributed by atoms with Gasteiger partial charge in [0, 0.05) is 12.1 Å². The molecule has 2 aliphatic carbocycles. The molecule has 0 aliphatic heterocycles. The first-order valence-corrected chi connectivity index (χ1v) is 8.51. The van der Waals surface area contributed by atoms with Gasteiger partial charge in [0.2, 0.25) is 0 Å². The van der Waals surface area contributed by atoms with E-state index in [1.54, 1.807) is 7.11 Å². The molecule has 0 atom stereocenters. The molecule has 116 valence electrons. The molecule has 2 saturated carbocycles. The second-order valence-electron chi connectivity index (χ2n) is 6.75. The van der Waals surface area contributed by atoms with E-state index in [4.69, 9.17) is 4.74 Å². The average molecular weight is 297 g/mol. The minimum absolute atomic E-state index is 0.218. The summed E-state index contributed by atoms with van der Waals surface area (Å²) in [5.74, 6) is 2.00. The summed E-state index contributed by atoms with van der Waals surface area (Å²) < 4.78 is 7.56. The van der Waals surface area contributed by atoms with Gasteiger partial charge in [0.1, 0.15) is 5.75 Å². The van der Waals surface area contributed by atoms with E-state index in [2.05, 4.69) is 10.5 Å². The lowest BCUT2D eigenvalue weighted by atomic mass is 9.84. The van der Waals surface area contributed by atoms with Crippen LogP contribution in [0.2, 0.25) is 0 Å². The van der Waals surface area contributed by atoms with Crippen LogP contribution in [0.25, 0.3) is 5.52 Å². The Balaban J connectivity index is 1.83. The molecule has 0 N–H and O–H groups in total. The molecule has 0 saturated heterocycles. The van der Waals surface area contributed by atoms with Crippen LogP contribution in [0.1, 0.15) is 66.9 Å². The van der Waals surface area contributed by atoms with Crippen LogP contribution in [0.3, 0.4) is 0 Å². The molecule has 0 spiro atoms. The quantitative estimate of drug-likeness (QED) is 0.773. The van der Waals surface area contributed by atoms with Crippen molar-refractivity contribution in [1.82, 2.24) is 4.40 Å². The molecule has 2 fully saturated rings. The van der Waals surface area contributed by atoms with Crippen molar-refractivity contribution in [1.29, 1.82) is 0 Å². The second-order valence-corrected chi connectivity index (χ2v) is 6.75. The van der Waals surface area contributed by atoms with Crippen molar-refractivity contribution in [3.05, 3.63) is 35.7 Å². The number of methoxy groups -OCH3 is 1. The fraction of sp³-hybridized carbons (Fsp3) is 0.526. The molecule has 3 nitrogen and oxygen atoms in total. The highest BCUT2D eigenvalue weighted by molar-refractivity contribution is 6.00. The monoisotopic (exact) mass is 297 g/mol. The van der Waals surface area contributed by atoms with E-state index in [0.717, 1.165) is 29.8 Å². The Morgan fingerprint density at radius 3 is 2.64 bits per heavy atom. The number of fused-ring (bicyclic) bond motifs is 1. The van der Waals surface area contributed by atoms with Crippen molar-refractivity contribution in [3.8, 4) is 5.75 Å². The van der Waals surface area contributed by atoms with Crippen LogP contribution in [0.15, 0.2) is 24.4 Å². The molecular weight excluding hydrogens is 274 g/mol. The Kier molecular flexibility index (Phi) is 3.44. The maximum absolute atomic E-state index is 13.2. The van der Waals surface area contributed by atoms with Crippen molar-refractivity contribution in [2.75, 3.05) is 7.11 Å². The van der Waals surface area contributed by atoms with E-state index in [-0.39, 0.29) is 5.92 Å². The number of hydrogen-bond acceptors (Lipinski definition) is 2. The zero-order chi connectivity index (χ0) is 15.1. The van der Waals surface area contributed by atoms with Gasteiger partial charge in [0.25, 0.3) is 0 Å². The highest BCUT2D eigenvalue weighted by Gasteiger charge is 2.34. The Bertz CT molecular complexity index is 706. The molecule has 2 aliphatic rings. The molecule has 22 heavy (non-hydrogen) atoms. The second kappa shape index (κ2) is 5.45. The van der Waals surface area contributed by atoms with Crippen LogP contribution in [0.4, 0.5) is 0 Å². The lowest BCUT2D eigenvalue weighted by Gasteiger charge is -2.21. The van der Waals surface area contributed by atoms with Gasteiger partial charge in [-0.3, -0.25) is 4.79 Å². The average Bonchev–Trinajstić information content (AvgIpc) is 3.34. The lowest BCUT2D eigenvalue weighted by Crippen LogP contribution is -2.20. The standard InChI is InChI=1S/C19H23NO2/c1-22-17-8-5-11-20-16(17)12-15(13-9-10-13)18(20)19(21)14-6-3-2-4-7-14/h5,8,11-14H,2-4,6-7,9-10H2,1H3. The van der Waals surface area contributed by atoms with Gasteiger partial charge in [-0.2, -0.15) is 0 Å². The summed E-state index contributed by atoms with van der Waals surface area (Å²) in [6, 6.07) is 6.13. The molecule has 0 bridgehead atoms. The summed E-state index contributed by atoms with van der Waals surface area (Å²) in [7, 11) is 1.70. The van der Waals surface area contributed by atoms with Gasteiger partial charge in [-0.05, 0) is 55.4 Å². The molecule has 3 heteroatoms. The van der Waals surface area contributed by atoms with Gasteiger partial charge in [-0.25, -0.2) is 0 Å². The Hall–Kier alpha value is -1.77. The van der Waals surface area contributed by atoms with Gasteiger partial charge in [0.15, 0.2) is 5.78 Å². The summed E-state index contributed by atoms with van der Waals surface area (Å²) in [5.41, 5.74) is 3.22. The Morgan fingerprint density at radius 1 is 1.18 bits per heavy atom. The fourth-order valence-corrected chi connectivity index (χ4v) is 3.89. The normalized spacial score (nSPS) is 19.5. The first kappa shape index (κ1) is 13.9. The summed E-state index contributed by atoms with van der Waals surface area (Å²) >= 11 is 0. The lowest BCUT2D eigenvalue weighted by molar-refractivity contribution is 0.0882. The Morgan fingerprint density at radius 2 is 1.95 bits per heavy atom. The summed E-state index contributed by atoms with van der Waals surface area (Å²) in [5, 5.41) is 0. The minimum atomic E-state index is 0.218. The van der Waals surface area contributed by atoms with Crippen LogP contribution in [0.5, 0.6) is 5.75 Å². The van der Waals surface area contributed by atoms with Gasteiger partial charge in [-0.1, -0.05) is 19.3 Å². The molecule has 0 aromatic carbocycles. The van der Waals surface area contributed by atoms with E-state index in [0.29, 0.717) is 11.7 Å². The largest absolute Gasteiger partial charge is 0.495 e. The van der Waals surface area contributed by atoms with E-state index in [1.165, 1.54) is 37.7 Å². The zero-order valence-electron chi connectivity index (χ0n) is 13.2. The van der Waals surface area contributed by atoms with Gasteiger partial charge < -0.3 is 9.14 Å². The number of carbonyl (C=O) groups excluding carboxylic acids is 1. The molecular formula is C19H23NO2. The van der Waals surface area contributed by atoms with E-state index in [9.17, 15) is 4.79 Å². The zero-order valence-corrected chi connectivity index (χ0v) is 13.2. The van der Waals surface area contributed by atoms with E-state index in [1.807, 2.05) is 18.3 Å². The maximum Gasteiger partial charge on any atom is 0.182 e. The fourth-order valence-electron chi connectivity index (χ4n) is 3.89. The number of Topliss-reactive ketones (excluding diaryl/α,β-unsaturated/α-hetero) is 1. The molecule has 0 unspecified atom stereocenters. The molecule has 2 heterocycles. The third-order valence-electron chi connectivity index (χ3n) is 5.25. The van der Waals surface area contributed by atoms with Gasteiger partial charge in [0.05, 0.1) is 18.3 Å². The maximum atomic E-state index is 13.2. The van der Waals surface area contributed by atoms with Crippen molar-refractivity contribution < 1.29 is 9.53 Å². The predicted octanol–water partition coefficient (Wildman–Crippen LogP) is 4.59. The number of nitrogens with zero attached hydrogens (tertiary/aromatic N) is 1. The minimum Gasteiger partial charge on any atom is -0.495 e. The number of ether oxygens (including phenoxy) is 1. The predicted molar refractivity (Wildman–Crippen MR) is 86.8 cm³/mol. The number of carbonyl (C=O) groups is 1. The van der Waals surface area contributed by atoms with Crippen LogP contribution in [-0.2, 0) is 0 Å². The van der Waals surface area contributed by atoms with Crippen molar-refractivity contribution >= 4 is 11.3 Å². The van der Waals surface area contributed by atoms with Crippen LogP contribution >= 0.6 is 0 Å². The third kappa shape index (κ3) is 2.23. The number of ketones is 1. The van der Waals surface area contributed by atoms with Crippen molar-refractivity contribution in [2.45, 2.75) is 50.9 Å². The van der Waals surface area contributed by atoms with E-state index >= 15 is 0 Å². The number of rotatable bonds is 4. The topological polar surface area (TPSA) is 30.7 Å². The molecule has 4 rings (SSSR count). The molecule has 2 aromatic rings.